The van der Waals surface area contributed by atoms with Crippen LogP contribution >= 0.6 is 0 Å². The fourth-order valence-electron chi connectivity index (χ4n) is 1.98. The maximum atomic E-state index is 13.5. The van der Waals surface area contributed by atoms with Crippen LogP contribution in [0.25, 0.3) is 0 Å². The molecule has 1 aromatic rings. The highest BCUT2D eigenvalue weighted by Gasteiger charge is 2.34. The molecule has 1 fully saturated rings. The maximum absolute atomic E-state index is 13.5. The Kier molecular flexibility index (Phi) is 4.17. The second-order valence-corrected chi connectivity index (χ2v) is 6.33. The van der Waals surface area contributed by atoms with Crippen molar-refractivity contribution in [3.8, 4) is 0 Å². The second kappa shape index (κ2) is 5.52. The van der Waals surface area contributed by atoms with Gasteiger partial charge in [-0.1, -0.05) is 0 Å². The number of rotatable bonds is 6. The largest absolute Gasteiger partial charge is 0.396 e. The third-order valence-electron chi connectivity index (χ3n) is 3.12. The summed E-state index contributed by atoms with van der Waals surface area (Å²) < 4.78 is 52.7. The van der Waals surface area contributed by atoms with E-state index >= 15 is 0 Å². The van der Waals surface area contributed by atoms with Crippen LogP contribution in [0.15, 0.2) is 23.1 Å². The number of benzene rings is 1. The molecule has 2 N–H and O–H groups in total. The minimum absolute atomic E-state index is 0.143. The van der Waals surface area contributed by atoms with Crippen molar-refractivity contribution in [2.45, 2.75) is 30.2 Å². The number of aliphatic hydroxyl groups is 1. The zero-order valence-electron chi connectivity index (χ0n) is 10.1. The quantitative estimate of drug-likeness (QED) is 0.832. The van der Waals surface area contributed by atoms with Crippen LogP contribution in [-0.4, -0.2) is 26.2 Å². The average Bonchev–Trinajstić information content (AvgIpc) is 3.11. The molecule has 0 radical (unpaired) electrons. The third-order valence-corrected chi connectivity index (χ3v) is 4.64. The Morgan fingerprint density at radius 3 is 2.58 bits per heavy atom. The van der Waals surface area contributed by atoms with Crippen LogP contribution in [0.1, 0.15) is 19.3 Å². The highest BCUT2D eigenvalue weighted by Crippen LogP contribution is 2.34. The van der Waals surface area contributed by atoms with Gasteiger partial charge in [-0.2, -0.15) is 0 Å². The van der Waals surface area contributed by atoms with Gasteiger partial charge in [0.25, 0.3) is 0 Å². The highest BCUT2D eigenvalue weighted by atomic mass is 32.2. The molecule has 1 aromatic carbocycles. The molecule has 0 bridgehead atoms. The molecule has 1 saturated carbocycles. The summed E-state index contributed by atoms with van der Waals surface area (Å²) in [6, 6.07) is 1.93. The molecule has 7 heteroatoms. The van der Waals surface area contributed by atoms with Gasteiger partial charge in [0.2, 0.25) is 10.0 Å². The van der Waals surface area contributed by atoms with E-state index in [-0.39, 0.29) is 18.9 Å². The van der Waals surface area contributed by atoms with Gasteiger partial charge in [-0.25, -0.2) is 21.9 Å². The number of hydrogen-bond acceptors (Lipinski definition) is 3. The molecular formula is C12H15F2NO3S. The van der Waals surface area contributed by atoms with E-state index in [0.29, 0.717) is 6.07 Å². The predicted octanol–water partition coefficient (Wildman–Crippen LogP) is 1.40. The van der Waals surface area contributed by atoms with Crippen molar-refractivity contribution < 1.29 is 22.3 Å². The molecule has 1 aliphatic rings. The van der Waals surface area contributed by atoms with Gasteiger partial charge in [0.1, 0.15) is 16.5 Å². The molecule has 1 unspecified atom stereocenters. The molecule has 1 aliphatic carbocycles. The third kappa shape index (κ3) is 3.49. The summed E-state index contributed by atoms with van der Waals surface area (Å²) in [5.41, 5.74) is 0. The first-order valence-corrected chi connectivity index (χ1v) is 7.50. The summed E-state index contributed by atoms with van der Waals surface area (Å²) >= 11 is 0. The molecule has 2 rings (SSSR count). The monoisotopic (exact) mass is 291 g/mol. The van der Waals surface area contributed by atoms with Crippen LogP contribution in [0.4, 0.5) is 8.78 Å². The van der Waals surface area contributed by atoms with Gasteiger partial charge in [0.05, 0.1) is 0 Å². The van der Waals surface area contributed by atoms with Gasteiger partial charge in [0, 0.05) is 18.7 Å². The fraction of sp³-hybridized carbons (Fsp3) is 0.500. The Morgan fingerprint density at radius 1 is 1.37 bits per heavy atom. The minimum Gasteiger partial charge on any atom is -0.396 e. The summed E-state index contributed by atoms with van der Waals surface area (Å²) in [6.07, 6.45) is 2.06. The van der Waals surface area contributed by atoms with Crippen molar-refractivity contribution in [3.05, 3.63) is 29.8 Å². The molecule has 0 aromatic heterocycles. The average molecular weight is 291 g/mol. The normalized spacial score (nSPS) is 17.4. The standard InChI is InChI=1S/C12H15F2NO3S/c13-9-3-4-12(10(14)7-9)19(17,18)15-11(5-6-16)8-1-2-8/h3-4,7-8,11,15-16H,1-2,5-6H2. The van der Waals surface area contributed by atoms with Crippen LogP contribution in [0.3, 0.4) is 0 Å². The molecule has 0 spiro atoms. The first-order valence-electron chi connectivity index (χ1n) is 6.02. The van der Waals surface area contributed by atoms with Crippen molar-refractivity contribution in [2.75, 3.05) is 6.61 Å². The first-order chi connectivity index (χ1) is 8.94. The zero-order chi connectivity index (χ0) is 14.0. The van der Waals surface area contributed by atoms with E-state index in [4.69, 9.17) is 5.11 Å². The van der Waals surface area contributed by atoms with Crippen LogP contribution in [-0.2, 0) is 10.0 Å². The van der Waals surface area contributed by atoms with Crippen molar-refractivity contribution in [1.29, 1.82) is 0 Å². The van der Waals surface area contributed by atoms with Gasteiger partial charge < -0.3 is 5.11 Å². The topological polar surface area (TPSA) is 66.4 Å². The SMILES string of the molecule is O=S(=O)(NC(CCO)C1CC1)c1ccc(F)cc1F. The summed E-state index contributed by atoms with van der Waals surface area (Å²) in [4.78, 5) is -0.572. The smallest absolute Gasteiger partial charge is 0.243 e. The molecule has 0 aliphatic heterocycles. The lowest BCUT2D eigenvalue weighted by Crippen LogP contribution is -2.37. The lowest BCUT2D eigenvalue weighted by molar-refractivity contribution is 0.265. The van der Waals surface area contributed by atoms with Gasteiger partial charge in [-0.3, -0.25) is 0 Å². The highest BCUT2D eigenvalue weighted by molar-refractivity contribution is 7.89. The maximum Gasteiger partial charge on any atom is 0.243 e. The van der Waals surface area contributed by atoms with E-state index in [0.717, 1.165) is 25.0 Å². The van der Waals surface area contributed by atoms with Crippen molar-refractivity contribution in [1.82, 2.24) is 4.72 Å². The van der Waals surface area contributed by atoms with Crippen molar-refractivity contribution in [3.63, 3.8) is 0 Å². The van der Waals surface area contributed by atoms with Crippen LogP contribution < -0.4 is 4.72 Å². The second-order valence-electron chi connectivity index (χ2n) is 4.65. The summed E-state index contributed by atoms with van der Waals surface area (Å²) in [5, 5.41) is 8.91. The van der Waals surface area contributed by atoms with E-state index in [1.165, 1.54) is 0 Å². The van der Waals surface area contributed by atoms with E-state index in [1.807, 2.05) is 0 Å². The number of halogens is 2. The number of hydrogen-bond donors (Lipinski definition) is 2. The molecule has 4 nitrogen and oxygen atoms in total. The molecular weight excluding hydrogens is 276 g/mol. The lowest BCUT2D eigenvalue weighted by Gasteiger charge is -2.17. The molecule has 106 valence electrons. The Bertz CT molecular complexity index is 558. The molecule has 1 atom stereocenters. The zero-order valence-corrected chi connectivity index (χ0v) is 11.0. The Hall–Kier alpha value is -1.05. The molecule has 0 heterocycles. The van der Waals surface area contributed by atoms with Gasteiger partial charge in [0.15, 0.2) is 0 Å². The Morgan fingerprint density at radius 2 is 2.05 bits per heavy atom. The van der Waals surface area contributed by atoms with Gasteiger partial charge in [-0.05, 0) is 37.3 Å². The van der Waals surface area contributed by atoms with E-state index < -0.39 is 32.6 Å². The summed E-state index contributed by atoms with van der Waals surface area (Å²) in [6.45, 7) is -0.143. The molecule has 0 amide bonds. The van der Waals surface area contributed by atoms with Crippen LogP contribution in [0.2, 0.25) is 0 Å². The Labute approximate surface area is 110 Å². The number of sulfonamides is 1. The van der Waals surface area contributed by atoms with Crippen LogP contribution in [0, 0.1) is 17.6 Å². The Balaban J connectivity index is 2.21. The van der Waals surface area contributed by atoms with E-state index in [9.17, 15) is 17.2 Å². The molecule has 0 saturated heterocycles. The van der Waals surface area contributed by atoms with Crippen LogP contribution in [0.5, 0.6) is 0 Å². The van der Waals surface area contributed by atoms with E-state index in [2.05, 4.69) is 4.72 Å². The summed E-state index contributed by atoms with van der Waals surface area (Å²) in [5.74, 6) is -1.76. The van der Waals surface area contributed by atoms with Crippen molar-refractivity contribution >= 4 is 10.0 Å². The fourth-order valence-corrected chi connectivity index (χ4v) is 3.38. The van der Waals surface area contributed by atoms with E-state index in [1.54, 1.807) is 0 Å². The van der Waals surface area contributed by atoms with Gasteiger partial charge >= 0.3 is 0 Å². The number of aliphatic hydroxyl groups excluding tert-OH is 1. The predicted molar refractivity (Wildman–Crippen MR) is 64.9 cm³/mol. The first kappa shape index (κ1) is 14.4. The minimum atomic E-state index is -4.04. The van der Waals surface area contributed by atoms with Crippen molar-refractivity contribution in [2.24, 2.45) is 5.92 Å². The lowest BCUT2D eigenvalue weighted by atomic mass is 10.1. The van der Waals surface area contributed by atoms with Gasteiger partial charge in [-0.15, -0.1) is 0 Å². The summed E-state index contributed by atoms with van der Waals surface area (Å²) in [7, 11) is -4.04. The number of nitrogens with one attached hydrogen (secondary N) is 1. The molecule has 19 heavy (non-hydrogen) atoms.